The van der Waals surface area contributed by atoms with Crippen molar-refractivity contribution in [1.29, 1.82) is 0 Å². The molecule has 0 spiro atoms. The molecular weight excluding hydrogens is 1090 g/mol. The number of Topliss-reactive ketones (excluding diaryl/α,β-unsaturated/α-hetero) is 2. The Kier molecular flexibility index (Phi) is 23.9. The number of ketones is 2. The smallest absolute Gasteiger partial charge is 0.240 e. The second-order valence-electron chi connectivity index (χ2n) is 18.4. The second kappa shape index (κ2) is 29.5. The Labute approximate surface area is 460 Å². The first-order valence-corrected chi connectivity index (χ1v) is 29.0. The van der Waals surface area contributed by atoms with Crippen LogP contribution < -0.4 is 18.9 Å². The SMILES string of the molecule is CN(C)[C@H]1Cc2c(Cl)cc(Cl)cc2[C@@H]1Oc1ccc(S(=O)(=O)NCCOCCOCCCC(=O)COCC(=O)CCCOCCOCCNS(=O)(=O)c2ccc(O[C@H]3c4cc(Cl)cc(Cl)c4C[C@@H]3N(C)C)cc2)cc1. The highest BCUT2D eigenvalue weighted by atomic mass is 35.5. The van der Waals surface area contributed by atoms with Crippen LogP contribution in [0.5, 0.6) is 11.5 Å². The van der Waals surface area contributed by atoms with E-state index in [9.17, 15) is 26.4 Å². The average Bonchev–Trinajstić information content (AvgIpc) is 3.92. The van der Waals surface area contributed by atoms with Gasteiger partial charge in [0.15, 0.2) is 11.6 Å². The summed E-state index contributed by atoms with van der Waals surface area (Å²) in [6.45, 7) is 1.71. The highest BCUT2D eigenvalue weighted by Gasteiger charge is 2.39. The summed E-state index contributed by atoms with van der Waals surface area (Å²) in [7, 11) is 0.293. The fourth-order valence-corrected chi connectivity index (χ4v) is 11.8. The lowest BCUT2D eigenvalue weighted by Crippen LogP contribution is -2.34. The summed E-state index contributed by atoms with van der Waals surface area (Å²) in [5, 5.41) is 2.23. The minimum absolute atomic E-state index is 0.0166. The number of carbonyl (C=O) groups is 2. The van der Waals surface area contributed by atoms with E-state index in [0.717, 1.165) is 22.3 Å². The molecule has 0 heterocycles. The fourth-order valence-electron chi connectivity index (χ4n) is 8.58. The molecule has 0 aromatic heterocycles. The molecule has 0 fully saturated rings. The Bertz CT molecular complexity index is 2550. The fraction of sp³-hybridized carbons (Fsp3) is 0.500. The number of sulfonamides is 2. The molecule has 2 N–H and O–H groups in total. The van der Waals surface area contributed by atoms with E-state index in [1.165, 1.54) is 24.3 Å². The van der Waals surface area contributed by atoms with Crippen LogP contribution in [0.2, 0.25) is 20.1 Å². The number of hydrogen-bond acceptors (Lipinski definition) is 15. The zero-order valence-electron chi connectivity index (χ0n) is 42.5. The molecule has 17 nitrogen and oxygen atoms in total. The van der Waals surface area contributed by atoms with Crippen molar-refractivity contribution in [3.63, 3.8) is 0 Å². The quantitative estimate of drug-likeness (QED) is 0.0435. The van der Waals surface area contributed by atoms with Crippen LogP contribution in [0, 0.1) is 0 Å². The van der Waals surface area contributed by atoms with Crippen molar-refractivity contribution in [2.24, 2.45) is 0 Å². The molecule has 6 rings (SSSR count). The first-order chi connectivity index (χ1) is 35.8. The van der Waals surface area contributed by atoms with Gasteiger partial charge in [-0.3, -0.25) is 9.59 Å². The first-order valence-electron chi connectivity index (χ1n) is 24.6. The van der Waals surface area contributed by atoms with Gasteiger partial charge in [0, 0.05) is 70.4 Å². The molecule has 23 heteroatoms. The van der Waals surface area contributed by atoms with Gasteiger partial charge in [-0.1, -0.05) is 46.4 Å². The number of nitrogens with zero attached hydrogens (tertiary/aromatic N) is 2. The highest BCUT2D eigenvalue weighted by molar-refractivity contribution is 7.89. The van der Waals surface area contributed by atoms with Gasteiger partial charge in [0.05, 0.1) is 61.5 Å². The highest BCUT2D eigenvalue weighted by Crippen LogP contribution is 2.43. The molecule has 0 aliphatic heterocycles. The summed E-state index contributed by atoms with van der Waals surface area (Å²) in [5.74, 6) is 0.725. The molecule has 75 heavy (non-hydrogen) atoms. The van der Waals surface area contributed by atoms with Gasteiger partial charge < -0.3 is 43.0 Å². The van der Waals surface area contributed by atoms with Crippen molar-refractivity contribution in [2.45, 2.75) is 72.6 Å². The monoisotopic (exact) mass is 1160 g/mol. The summed E-state index contributed by atoms with van der Waals surface area (Å²) >= 11 is 25.6. The molecule has 0 radical (unpaired) electrons. The van der Waals surface area contributed by atoms with Gasteiger partial charge >= 0.3 is 0 Å². The second-order valence-corrected chi connectivity index (χ2v) is 23.6. The van der Waals surface area contributed by atoms with Gasteiger partial charge in [-0.05, 0) is 138 Å². The maximum Gasteiger partial charge on any atom is 0.240 e. The van der Waals surface area contributed by atoms with Crippen LogP contribution >= 0.6 is 46.4 Å². The number of ether oxygens (including phenoxy) is 7. The zero-order valence-corrected chi connectivity index (χ0v) is 47.2. The van der Waals surface area contributed by atoms with Crippen LogP contribution in [0.4, 0.5) is 0 Å². The topological polar surface area (TPSA) is 198 Å². The summed E-state index contributed by atoms with van der Waals surface area (Å²) < 4.78 is 96.7. The van der Waals surface area contributed by atoms with Gasteiger partial charge in [-0.25, -0.2) is 26.3 Å². The number of benzene rings is 4. The minimum atomic E-state index is -3.79. The molecule has 2 aliphatic carbocycles. The van der Waals surface area contributed by atoms with Gasteiger partial charge in [-0.2, -0.15) is 0 Å². The Balaban J connectivity index is 0.717. The average molecular weight is 1160 g/mol. The summed E-state index contributed by atoms with van der Waals surface area (Å²) in [6, 6.07) is 19.6. The predicted octanol–water partition coefficient (Wildman–Crippen LogP) is 7.55. The van der Waals surface area contributed by atoms with Crippen LogP contribution in [0.1, 0.15) is 60.1 Å². The molecular formula is C52H66Cl4N4O13S2. The lowest BCUT2D eigenvalue weighted by Gasteiger charge is -2.27. The van der Waals surface area contributed by atoms with Crippen LogP contribution in [-0.2, 0) is 66.2 Å². The van der Waals surface area contributed by atoms with E-state index < -0.39 is 20.0 Å². The van der Waals surface area contributed by atoms with E-state index >= 15 is 0 Å². The lowest BCUT2D eigenvalue weighted by molar-refractivity contribution is -0.129. The maximum absolute atomic E-state index is 12.9. The van der Waals surface area contributed by atoms with Crippen LogP contribution in [0.25, 0.3) is 0 Å². The van der Waals surface area contributed by atoms with Crippen molar-refractivity contribution >= 4 is 78.0 Å². The standard InChI is InChI=1S/C52H66Cl4N4O13S2/c1-59(2)49-31-43-45(27-35(53)29-47(43)55)51(49)72-39-9-13-41(14-10-39)74(63,64)57-17-21-69-25-23-67-19-5-7-37(61)33-71-34-38(62)8-6-20-68-24-26-70-22-18-58-75(65,66)42-15-11-40(12-16-42)73-52-46-28-36(54)30-48(56)44(46)32-50(52)60(3)4/h9-16,27-30,49-52,57-58H,5-8,17-26,31-34H2,1-4H3/t49-,50-,51-,52-/m0/s1. The number of rotatable bonds is 34. The Hall–Kier alpha value is -3.48. The largest absolute Gasteiger partial charge is 0.484 e. The molecule has 0 saturated carbocycles. The van der Waals surface area contributed by atoms with Crippen LogP contribution in [0.15, 0.2) is 82.6 Å². The lowest BCUT2D eigenvalue weighted by atomic mass is 10.1. The third-order valence-electron chi connectivity index (χ3n) is 12.5. The van der Waals surface area contributed by atoms with E-state index in [2.05, 4.69) is 19.2 Å². The first kappa shape index (κ1) is 60.7. The van der Waals surface area contributed by atoms with Crippen molar-refractivity contribution in [1.82, 2.24) is 19.2 Å². The molecule has 2 aliphatic rings. The summed E-state index contributed by atoms with van der Waals surface area (Å²) in [5.41, 5.74) is 3.80. The van der Waals surface area contributed by atoms with Crippen molar-refractivity contribution < 1.29 is 59.6 Å². The van der Waals surface area contributed by atoms with E-state index in [-0.39, 0.29) is 124 Å². The molecule has 4 aromatic rings. The predicted molar refractivity (Wildman–Crippen MR) is 288 cm³/mol. The number of hydrogen-bond donors (Lipinski definition) is 2. The molecule has 0 bridgehead atoms. The molecule has 4 aromatic carbocycles. The zero-order chi connectivity index (χ0) is 54.1. The number of nitrogens with one attached hydrogen (secondary N) is 2. The minimum Gasteiger partial charge on any atom is -0.484 e. The van der Waals surface area contributed by atoms with Crippen molar-refractivity contribution in [2.75, 3.05) is 107 Å². The molecule has 0 amide bonds. The third-order valence-corrected chi connectivity index (χ3v) is 16.5. The van der Waals surface area contributed by atoms with E-state index in [1.54, 1.807) is 36.4 Å². The third kappa shape index (κ3) is 18.3. The Morgan fingerprint density at radius 3 is 1.24 bits per heavy atom. The van der Waals surface area contributed by atoms with Gasteiger partial charge in [0.2, 0.25) is 20.0 Å². The van der Waals surface area contributed by atoms with Crippen molar-refractivity contribution in [3.05, 3.63) is 115 Å². The summed E-state index contributed by atoms with van der Waals surface area (Å²) in [4.78, 5) is 28.7. The van der Waals surface area contributed by atoms with E-state index in [1.807, 2.05) is 40.3 Å². The molecule has 0 saturated heterocycles. The van der Waals surface area contributed by atoms with Crippen LogP contribution in [-0.4, -0.2) is 158 Å². The molecule has 0 unspecified atom stereocenters. The maximum atomic E-state index is 12.9. The summed E-state index contributed by atoms with van der Waals surface area (Å²) in [6.07, 6.45) is 2.11. The van der Waals surface area contributed by atoms with Gasteiger partial charge in [-0.15, -0.1) is 0 Å². The van der Waals surface area contributed by atoms with E-state index in [4.69, 9.17) is 79.6 Å². The van der Waals surface area contributed by atoms with Crippen molar-refractivity contribution in [3.8, 4) is 11.5 Å². The number of fused-ring (bicyclic) bond motifs is 2. The van der Waals surface area contributed by atoms with E-state index in [0.29, 0.717) is 70.5 Å². The Morgan fingerprint density at radius 1 is 0.520 bits per heavy atom. The number of carbonyl (C=O) groups excluding carboxylic acids is 2. The van der Waals surface area contributed by atoms with Crippen LogP contribution in [0.3, 0.4) is 0 Å². The van der Waals surface area contributed by atoms with Gasteiger partial charge in [0.1, 0.15) is 36.9 Å². The number of likely N-dealkylation sites (N-methyl/N-ethyl adjacent to an activating group) is 2. The molecule has 412 valence electrons. The van der Waals surface area contributed by atoms with Gasteiger partial charge in [0.25, 0.3) is 0 Å². The number of halogens is 4. The molecule has 4 atom stereocenters. The Morgan fingerprint density at radius 2 is 0.880 bits per heavy atom. The normalized spacial score (nSPS) is 17.4.